The molecule has 0 N–H and O–H groups in total. The maximum atomic E-state index is 11.1. The quantitative estimate of drug-likeness (QED) is 0.841. The van der Waals surface area contributed by atoms with E-state index in [0.717, 1.165) is 18.4 Å². The maximum absolute atomic E-state index is 11.1. The molecule has 2 aromatic carbocycles. The van der Waals surface area contributed by atoms with Crippen LogP contribution in [0.2, 0.25) is 0 Å². The van der Waals surface area contributed by atoms with Crippen LogP contribution in [0.3, 0.4) is 0 Å². The standard InChI is InChI=1S/C14H14O2S/c15-17(16)14-9-5-4-8-13(14)11-10-12-6-2-1-3-7-12/h1-9,17H,10-11H2. The molecule has 2 nitrogen and oxygen atoms in total. The lowest BCUT2D eigenvalue weighted by Gasteiger charge is -2.04. The maximum Gasteiger partial charge on any atom is 0.168 e. The molecule has 0 radical (unpaired) electrons. The van der Waals surface area contributed by atoms with Crippen molar-refractivity contribution < 1.29 is 8.42 Å². The second-order valence-corrected chi connectivity index (χ2v) is 4.87. The van der Waals surface area contributed by atoms with Gasteiger partial charge in [0.25, 0.3) is 0 Å². The summed E-state index contributed by atoms with van der Waals surface area (Å²) in [6.45, 7) is 0. The van der Waals surface area contributed by atoms with Crippen molar-refractivity contribution in [2.75, 3.05) is 0 Å². The van der Waals surface area contributed by atoms with E-state index in [-0.39, 0.29) is 0 Å². The minimum Gasteiger partial charge on any atom is -0.227 e. The van der Waals surface area contributed by atoms with E-state index in [4.69, 9.17) is 0 Å². The second-order valence-electron chi connectivity index (χ2n) is 3.87. The van der Waals surface area contributed by atoms with Crippen LogP contribution >= 0.6 is 0 Å². The highest BCUT2D eigenvalue weighted by Gasteiger charge is 2.03. The molecule has 0 saturated heterocycles. The van der Waals surface area contributed by atoms with E-state index in [0.29, 0.717) is 4.90 Å². The van der Waals surface area contributed by atoms with Gasteiger partial charge in [0.15, 0.2) is 10.7 Å². The van der Waals surface area contributed by atoms with Crippen LogP contribution in [-0.2, 0) is 23.5 Å². The molecule has 0 aromatic heterocycles. The summed E-state index contributed by atoms with van der Waals surface area (Å²) in [7, 11) is -2.50. The molecule has 0 aliphatic heterocycles. The van der Waals surface area contributed by atoms with Gasteiger partial charge in [0.05, 0.1) is 4.90 Å². The van der Waals surface area contributed by atoms with E-state index < -0.39 is 10.7 Å². The number of aryl methyl sites for hydroxylation is 2. The summed E-state index contributed by atoms with van der Waals surface area (Å²) in [4.78, 5) is 0.443. The first kappa shape index (κ1) is 11.9. The van der Waals surface area contributed by atoms with Crippen molar-refractivity contribution in [1.29, 1.82) is 0 Å². The van der Waals surface area contributed by atoms with E-state index in [1.54, 1.807) is 12.1 Å². The monoisotopic (exact) mass is 246 g/mol. The Kier molecular flexibility index (Phi) is 3.94. The molecule has 0 amide bonds. The molecule has 0 aliphatic carbocycles. The number of rotatable bonds is 4. The van der Waals surface area contributed by atoms with Gasteiger partial charge in [0, 0.05) is 0 Å². The number of benzene rings is 2. The highest BCUT2D eigenvalue weighted by atomic mass is 32.2. The van der Waals surface area contributed by atoms with Gasteiger partial charge in [0.1, 0.15) is 0 Å². The largest absolute Gasteiger partial charge is 0.227 e. The number of thiol groups is 1. The summed E-state index contributed by atoms with van der Waals surface area (Å²) in [5.74, 6) is 0. The van der Waals surface area contributed by atoms with E-state index in [9.17, 15) is 8.42 Å². The first-order valence-corrected chi connectivity index (χ1v) is 6.71. The number of hydrogen-bond donors (Lipinski definition) is 1. The first-order chi connectivity index (χ1) is 8.27. The van der Waals surface area contributed by atoms with Crippen molar-refractivity contribution in [2.45, 2.75) is 17.7 Å². The lowest BCUT2D eigenvalue weighted by molar-refractivity contribution is 0.613. The molecule has 88 valence electrons. The Morgan fingerprint density at radius 1 is 0.765 bits per heavy atom. The van der Waals surface area contributed by atoms with Gasteiger partial charge in [-0.15, -0.1) is 0 Å². The van der Waals surface area contributed by atoms with Gasteiger partial charge in [-0.2, -0.15) is 0 Å². The third-order valence-electron chi connectivity index (χ3n) is 2.71. The Morgan fingerprint density at radius 3 is 2.12 bits per heavy atom. The smallest absolute Gasteiger partial charge is 0.168 e. The molecular formula is C14H14O2S. The summed E-state index contributed by atoms with van der Waals surface area (Å²) in [6.07, 6.45) is 1.62. The fraction of sp³-hybridized carbons (Fsp3) is 0.143. The summed E-state index contributed by atoms with van der Waals surface area (Å²) in [5, 5.41) is 0. The van der Waals surface area contributed by atoms with Crippen molar-refractivity contribution in [3.05, 3.63) is 65.7 Å². The zero-order chi connectivity index (χ0) is 12.1. The molecule has 2 rings (SSSR count). The zero-order valence-corrected chi connectivity index (χ0v) is 10.3. The molecule has 0 saturated carbocycles. The Bertz CT molecular complexity index is 551. The molecule has 0 aliphatic rings. The molecule has 0 spiro atoms. The third-order valence-corrected chi connectivity index (χ3v) is 3.54. The normalized spacial score (nSPS) is 10.6. The fourth-order valence-corrected chi connectivity index (χ4v) is 2.45. The van der Waals surface area contributed by atoms with E-state index in [2.05, 4.69) is 12.1 Å². The fourth-order valence-electron chi connectivity index (χ4n) is 1.82. The third kappa shape index (κ3) is 3.17. The van der Waals surface area contributed by atoms with Crippen LogP contribution in [0.25, 0.3) is 0 Å². The van der Waals surface area contributed by atoms with Crippen molar-refractivity contribution in [3.63, 3.8) is 0 Å². The van der Waals surface area contributed by atoms with Crippen LogP contribution in [0.15, 0.2) is 59.5 Å². The molecule has 0 heterocycles. The summed E-state index contributed by atoms with van der Waals surface area (Å²) in [6, 6.07) is 17.3. The predicted octanol–water partition coefficient (Wildman–Crippen LogP) is 2.44. The molecule has 0 fully saturated rings. The van der Waals surface area contributed by atoms with Gasteiger partial charge in [-0.05, 0) is 30.0 Å². The van der Waals surface area contributed by atoms with Crippen LogP contribution in [0.1, 0.15) is 11.1 Å². The topological polar surface area (TPSA) is 34.1 Å². The second kappa shape index (κ2) is 5.64. The Balaban J connectivity index is 2.14. The van der Waals surface area contributed by atoms with Crippen LogP contribution in [0.4, 0.5) is 0 Å². The average Bonchev–Trinajstić information content (AvgIpc) is 2.38. The first-order valence-electron chi connectivity index (χ1n) is 5.53. The van der Waals surface area contributed by atoms with Crippen LogP contribution in [0.5, 0.6) is 0 Å². The van der Waals surface area contributed by atoms with Crippen molar-refractivity contribution >= 4 is 10.7 Å². The Hall–Kier alpha value is -1.61. The van der Waals surface area contributed by atoms with Crippen LogP contribution in [0, 0.1) is 0 Å². The van der Waals surface area contributed by atoms with Crippen LogP contribution in [-0.4, -0.2) is 8.42 Å². The lowest BCUT2D eigenvalue weighted by atomic mass is 10.0. The number of hydrogen-bond acceptors (Lipinski definition) is 2. The summed E-state index contributed by atoms with van der Waals surface area (Å²) in [5.41, 5.74) is 2.12. The van der Waals surface area contributed by atoms with E-state index >= 15 is 0 Å². The Morgan fingerprint density at radius 2 is 1.41 bits per heavy atom. The van der Waals surface area contributed by atoms with Gasteiger partial charge >= 0.3 is 0 Å². The van der Waals surface area contributed by atoms with Crippen molar-refractivity contribution in [2.24, 2.45) is 0 Å². The lowest BCUT2D eigenvalue weighted by Crippen LogP contribution is -1.95. The minimum absolute atomic E-state index is 0.443. The molecule has 17 heavy (non-hydrogen) atoms. The molecule has 0 unspecified atom stereocenters. The van der Waals surface area contributed by atoms with E-state index in [1.165, 1.54) is 5.56 Å². The summed E-state index contributed by atoms with van der Waals surface area (Å²) < 4.78 is 22.1. The van der Waals surface area contributed by atoms with Crippen molar-refractivity contribution in [1.82, 2.24) is 0 Å². The van der Waals surface area contributed by atoms with Gasteiger partial charge in [0.2, 0.25) is 0 Å². The van der Waals surface area contributed by atoms with Gasteiger partial charge in [-0.1, -0.05) is 48.5 Å². The van der Waals surface area contributed by atoms with Crippen LogP contribution < -0.4 is 0 Å². The molecule has 3 heteroatoms. The summed E-state index contributed by atoms with van der Waals surface area (Å²) >= 11 is 0. The van der Waals surface area contributed by atoms with Crippen molar-refractivity contribution in [3.8, 4) is 0 Å². The average molecular weight is 246 g/mol. The molecule has 0 atom stereocenters. The molecular weight excluding hydrogens is 232 g/mol. The van der Waals surface area contributed by atoms with Gasteiger partial charge in [-0.3, -0.25) is 0 Å². The minimum atomic E-state index is -2.50. The Labute approximate surface area is 103 Å². The van der Waals surface area contributed by atoms with Gasteiger partial charge in [-0.25, -0.2) is 8.42 Å². The SMILES string of the molecule is O=[SH](=O)c1ccccc1CCc1ccccc1. The van der Waals surface area contributed by atoms with Gasteiger partial charge < -0.3 is 0 Å². The molecule has 0 bridgehead atoms. The predicted molar refractivity (Wildman–Crippen MR) is 68.9 cm³/mol. The highest BCUT2D eigenvalue weighted by Crippen LogP contribution is 2.13. The zero-order valence-electron chi connectivity index (χ0n) is 9.37. The van der Waals surface area contributed by atoms with E-state index in [1.807, 2.05) is 30.3 Å². The molecule has 2 aromatic rings. The highest BCUT2D eigenvalue weighted by molar-refractivity contribution is 7.72.